The molecule has 0 saturated carbocycles. The number of carbonyl (C=O) groups is 1. The maximum Gasteiger partial charge on any atom is 0.410 e. The number of benzene rings is 2. The van der Waals surface area contributed by atoms with E-state index in [0.717, 1.165) is 22.3 Å². The van der Waals surface area contributed by atoms with Crippen LogP contribution in [0.25, 0.3) is 5.57 Å². The van der Waals surface area contributed by atoms with Crippen LogP contribution in [0.1, 0.15) is 37.8 Å². The lowest BCUT2D eigenvalue weighted by Gasteiger charge is -2.31. The van der Waals surface area contributed by atoms with E-state index in [9.17, 15) is 10.1 Å². The second-order valence-electron chi connectivity index (χ2n) is 9.38. The highest BCUT2D eigenvalue weighted by atomic mass is 35.5. The Hall–Kier alpha value is -3.40. The zero-order valence-electron chi connectivity index (χ0n) is 19.6. The highest BCUT2D eigenvalue weighted by Crippen LogP contribution is 2.42. The van der Waals surface area contributed by atoms with Crippen LogP contribution in [0.3, 0.4) is 0 Å². The molecule has 0 saturated heterocycles. The molecule has 6 nitrogen and oxygen atoms in total. The summed E-state index contributed by atoms with van der Waals surface area (Å²) in [4.78, 5) is 14.9. The Balaban J connectivity index is 1.87. The molecule has 2 aliphatic heterocycles. The minimum absolute atomic E-state index is 0.0311. The molecular weight excluding hydrogens is 485 g/mol. The van der Waals surface area contributed by atoms with E-state index in [2.05, 4.69) is 6.07 Å². The van der Waals surface area contributed by atoms with Crippen LogP contribution in [0.15, 0.2) is 77.4 Å². The summed E-state index contributed by atoms with van der Waals surface area (Å²) in [6.07, 6.45) is 1.40. The fourth-order valence-electron chi connectivity index (χ4n) is 4.10. The summed E-state index contributed by atoms with van der Waals surface area (Å²) in [5, 5.41) is 11.1. The highest BCUT2D eigenvalue weighted by molar-refractivity contribution is 6.30. The molecule has 1 unspecified atom stereocenters. The Morgan fingerprint density at radius 2 is 1.69 bits per heavy atom. The van der Waals surface area contributed by atoms with Crippen LogP contribution in [0.5, 0.6) is 0 Å². The van der Waals surface area contributed by atoms with Gasteiger partial charge in [0.15, 0.2) is 0 Å². The lowest BCUT2D eigenvalue weighted by atomic mass is 9.83. The molecule has 2 aromatic carbocycles. The molecule has 2 aliphatic rings. The van der Waals surface area contributed by atoms with Crippen LogP contribution in [0.4, 0.5) is 4.79 Å². The largest absolute Gasteiger partial charge is 0.444 e. The monoisotopic (exact) mass is 509 g/mol. The number of rotatable bonds is 2. The Bertz CT molecular complexity index is 1280. The van der Waals surface area contributed by atoms with Crippen molar-refractivity contribution in [3.05, 3.63) is 98.6 Å². The Morgan fingerprint density at radius 1 is 1.09 bits per heavy atom. The number of ether oxygens (including phenoxy) is 2. The number of nitrogens with zero attached hydrogens (tertiary/aromatic N) is 2. The molecule has 0 spiro atoms. The van der Waals surface area contributed by atoms with Crippen molar-refractivity contribution in [1.82, 2.24) is 4.90 Å². The summed E-state index contributed by atoms with van der Waals surface area (Å²) in [6, 6.07) is 16.7. The molecule has 0 fully saturated rings. The second kappa shape index (κ2) is 9.69. The van der Waals surface area contributed by atoms with Gasteiger partial charge in [0, 0.05) is 15.6 Å². The molecule has 2 heterocycles. The average molecular weight is 510 g/mol. The third-order valence-corrected chi connectivity index (χ3v) is 6.16. The zero-order chi connectivity index (χ0) is 25.3. The van der Waals surface area contributed by atoms with Crippen molar-refractivity contribution in [2.45, 2.75) is 32.3 Å². The quantitative estimate of drug-likeness (QED) is 0.506. The molecule has 0 bridgehead atoms. The normalized spacial score (nSPS) is 18.2. The van der Waals surface area contributed by atoms with Crippen molar-refractivity contribution in [2.24, 2.45) is 5.73 Å². The van der Waals surface area contributed by atoms with E-state index < -0.39 is 17.6 Å². The number of halogens is 2. The summed E-state index contributed by atoms with van der Waals surface area (Å²) in [5.74, 6) is 0.0212. The topological polar surface area (TPSA) is 88.6 Å². The lowest BCUT2D eigenvalue weighted by Crippen LogP contribution is -2.39. The number of nitriles is 1. The van der Waals surface area contributed by atoms with Crippen LogP contribution < -0.4 is 5.73 Å². The zero-order valence-corrected chi connectivity index (χ0v) is 21.2. The van der Waals surface area contributed by atoms with E-state index in [1.807, 2.05) is 51.1 Å². The lowest BCUT2D eigenvalue weighted by molar-refractivity contribution is 0.0289. The number of hydrogen-bond donors (Lipinski definition) is 1. The van der Waals surface area contributed by atoms with Gasteiger partial charge in [-0.2, -0.15) is 5.26 Å². The van der Waals surface area contributed by atoms with Crippen LogP contribution in [-0.2, 0) is 9.47 Å². The number of amides is 1. The molecule has 180 valence electrons. The minimum atomic E-state index is -0.675. The Labute approximate surface area is 214 Å². The fourth-order valence-corrected chi connectivity index (χ4v) is 4.35. The molecule has 35 heavy (non-hydrogen) atoms. The van der Waals surface area contributed by atoms with E-state index in [0.29, 0.717) is 15.8 Å². The first-order valence-electron chi connectivity index (χ1n) is 11.1. The van der Waals surface area contributed by atoms with Gasteiger partial charge in [0.1, 0.15) is 23.0 Å². The van der Waals surface area contributed by atoms with E-state index in [4.69, 9.17) is 38.4 Å². The molecule has 1 amide bonds. The van der Waals surface area contributed by atoms with Gasteiger partial charge in [0.2, 0.25) is 5.88 Å². The van der Waals surface area contributed by atoms with Crippen LogP contribution in [-0.4, -0.2) is 29.7 Å². The van der Waals surface area contributed by atoms with Gasteiger partial charge in [0.25, 0.3) is 0 Å². The van der Waals surface area contributed by atoms with Gasteiger partial charge in [-0.3, -0.25) is 4.90 Å². The average Bonchev–Trinajstić information content (AvgIpc) is 2.98. The van der Waals surface area contributed by atoms with Crippen molar-refractivity contribution in [1.29, 1.82) is 5.26 Å². The molecule has 8 heteroatoms. The summed E-state index contributed by atoms with van der Waals surface area (Å²) in [6.45, 7) is 5.91. The summed E-state index contributed by atoms with van der Waals surface area (Å²) in [5.41, 5.74) is 9.05. The molecule has 0 aromatic heterocycles. The van der Waals surface area contributed by atoms with Crippen LogP contribution in [0, 0.1) is 11.3 Å². The van der Waals surface area contributed by atoms with E-state index in [-0.39, 0.29) is 24.5 Å². The van der Waals surface area contributed by atoms with Crippen molar-refractivity contribution in [3.63, 3.8) is 0 Å². The standard InChI is InChI=1S/C27H25Cl2N3O3/c1-27(2,3)35-26(33)32-14-18(16-4-8-19(28)9-5-16)12-23-22(15-32)24(21(13-30)25(31)34-23)17-6-10-20(29)11-7-17/h4-12,24H,14-15,31H2,1-3H3. The van der Waals surface area contributed by atoms with E-state index in [1.54, 1.807) is 29.2 Å². The van der Waals surface area contributed by atoms with Gasteiger partial charge < -0.3 is 15.2 Å². The minimum Gasteiger partial charge on any atom is -0.444 e. The predicted octanol–water partition coefficient (Wildman–Crippen LogP) is 6.39. The summed E-state index contributed by atoms with van der Waals surface area (Å²) >= 11 is 12.2. The third kappa shape index (κ3) is 5.48. The highest BCUT2D eigenvalue weighted by Gasteiger charge is 2.37. The molecule has 0 aliphatic carbocycles. The van der Waals surface area contributed by atoms with Crippen molar-refractivity contribution in [3.8, 4) is 6.07 Å². The first-order chi connectivity index (χ1) is 16.6. The number of allylic oxidation sites excluding steroid dienone is 2. The smallest absolute Gasteiger partial charge is 0.410 e. The molecule has 2 N–H and O–H groups in total. The summed E-state index contributed by atoms with van der Waals surface area (Å²) < 4.78 is 11.7. The molecule has 2 aromatic rings. The maximum atomic E-state index is 13.2. The predicted molar refractivity (Wildman–Crippen MR) is 136 cm³/mol. The Morgan fingerprint density at radius 3 is 2.26 bits per heavy atom. The summed E-state index contributed by atoms with van der Waals surface area (Å²) in [7, 11) is 0. The van der Waals surface area contributed by atoms with E-state index in [1.165, 1.54) is 0 Å². The second-order valence-corrected chi connectivity index (χ2v) is 10.3. The Kier molecular flexibility index (Phi) is 6.84. The van der Waals surface area contributed by atoms with Gasteiger partial charge in [-0.05, 0) is 67.8 Å². The van der Waals surface area contributed by atoms with Gasteiger partial charge in [-0.15, -0.1) is 0 Å². The third-order valence-electron chi connectivity index (χ3n) is 5.66. The van der Waals surface area contributed by atoms with E-state index >= 15 is 0 Å². The number of nitrogens with two attached hydrogens (primary N) is 1. The van der Waals surface area contributed by atoms with Gasteiger partial charge in [-0.25, -0.2) is 4.79 Å². The van der Waals surface area contributed by atoms with Crippen molar-refractivity contribution < 1.29 is 14.3 Å². The van der Waals surface area contributed by atoms with Gasteiger partial charge >= 0.3 is 6.09 Å². The number of carbonyl (C=O) groups excluding carboxylic acids is 1. The molecule has 4 rings (SSSR count). The SMILES string of the molecule is CC(C)(C)OC(=O)N1CC(c2ccc(Cl)cc2)=CC2=C(C1)C(c1ccc(Cl)cc1)C(C#N)=C(N)O2. The first-order valence-corrected chi connectivity index (χ1v) is 11.8. The van der Waals surface area contributed by atoms with Gasteiger partial charge in [0.05, 0.1) is 19.0 Å². The van der Waals surface area contributed by atoms with Crippen molar-refractivity contribution in [2.75, 3.05) is 13.1 Å². The van der Waals surface area contributed by atoms with Crippen LogP contribution in [0.2, 0.25) is 10.0 Å². The first kappa shape index (κ1) is 24.7. The molecule has 1 atom stereocenters. The fraction of sp³-hybridized carbons (Fsp3) is 0.259. The molecule has 0 radical (unpaired) electrons. The van der Waals surface area contributed by atoms with Crippen molar-refractivity contribution >= 4 is 34.9 Å². The maximum absolute atomic E-state index is 13.2. The van der Waals surface area contributed by atoms with Gasteiger partial charge in [-0.1, -0.05) is 47.5 Å². The van der Waals surface area contributed by atoms with Crippen LogP contribution >= 0.6 is 23.2 Å². The molecular formula is C27H25Cl2N3O3. The number of hydrogen-bond acceptors (Lipinski definition) is 5.